The van der Waals surface area contributed by atoms with E-state index < -0.39 is 10.8 Å². The van der Waals surface area contributed by atoms with Gasteiger partial charge in [-0.25, -0.2) is 0 Å². The standard InChI is InChI=1S/C13H27NOS/c1-10(2)12-5-7-13(8-6-12)14-11(3)9-16(4)15/h10-14H,5-9H2,1-4H3. The predicted octanol–water partition coefficient (Wildman–Crippen LogP) is 2.56. The van der Waals surface area contributed by atoms with E-state index in [2.05, 4.69) is 26.1 Å². The lowest BCUT2D eigenvalue weighted by molar-refractivity contribution is 0.233. The van der Waals surface area contributed by atoms with E-state index in [-0.39, 0.29) is 0 Å². The molecule has 2 unspecified atom stereocenters. The molecule has 1 fully saturated rings. The zero-order valence-electron chi connectivity index (χ0n) is 11.2. The van der Waals surface area contributed by atoms with Crippen LogP contribution < -0.4 is 5.32 Å². The molecule has 0 aliphatic heterocycles. The molecule has 96 valence electrons. The third kappa shape index (κ3) is 4.96. The smallest absolute Gasteiger partial charge is 0.0383 e. The molecule has 0 aromatic rings. The molecule has 1 aliphatic carbocycles. The van der Waals surface area contributed by atoms with Crippen molar-refractivity contribution in [3.8, 4) is 0 Å². The lowest BCUT2D eigenvalue weighted by Crippen LogP contribution is -2.41. The molecular formula is C13H27NOS. The van der Waals surface area contributed by atoms with Crippen LogP contribution in [-0.4, -0.2) is 28.3 Å². The average molecular weight is 245 g/mol. The number of hydrogen-bond acceptors (Lipinski definition) is 2. The molecular weight excluding hydrogens is 218 g/mol. The molecule has 0 amide bonds. The minimum Gasteiger partial charge on any atom is -0.311 e. The zero-order valence-corrected chi connectivity index (χ0v) is 12.0. The van der Waals surface area contributed by atoms with E-state index in [1.54, 1.807) is 6.26 Å². The Morgan fingerprint density at radius 2 is 1.75 bits per heavy atom. The van der Waals surface area contributed by atoms with Crippen molar-refractivity contribution >= 4 is 10.8 Å². The van der Waals surface area contributed by atoms with Gasteiger partial charge in [-0.15, -0.1) is 0 Å². The number of hydrogen-bond donors (Lipinski definition) is 1. The van der Waals surface area contributed by atoms with Crippen LogP contribution in [0.4, 0.5) is 0 Å². The highest BCUT2D eigenvalue weighted by atomic mass is 32.2. The molecule has 0 aromatic carbocycles. The van der Waals surface area contributed by atoms with E-state index in [1.807, 2.05) is 0 Å². The van der Waals surface area contributed by atoms with Gasteiger partial charge in [-0.1, -0.05) is 13.8 Å². The Bertz CT molecular complexity index is 222. The summed E-state index contributed by atoms with van der Waals surface area (Å²) in [4.78, 5) is 0. The predicted molar refractivity (Wildman–Crippen MR) is 72.1 cm³/mol. The molecule has 16 heavy (non-hydrogen) atoms. The summed E-state index contributed by atoms with van der Waals surface area (Å²) in [6.45, 7) is 6.82. The Morgan fingerprint density at radius 1 is 1.19 bits per heavy atom. The first-order chi connectivity index (χ1) is 7.49. The summed E-state index contributed by atoms with van der Waals surface area (Å²) < 4.78 is 11.1. The van der Waals surface area contributed by atoms with Crippen molar-refractivity contribution in [3.05, 3.63) is 0 Å². The Kier molecular flexibility index (Phi) is 5.98. The normalized spacial score (nSPS) is 30.3. The number of nitrogens with one attached hydrogen (secondary N) is 1. The summed E-state index contributed by atoms with van der Waals surface area (Å²) >= 11 is 0. The van der Waals surface area contributed by atoms with E-state index in [9.17, 15) is 4.21 Å². The van der Waals surface area contributed by atoms with Crippen molar-refractivity contribution in [1.82, 2.24) is 5.32 Å². The van der Waals surface area contributed by atoms with Crippen molar-refractivity contribution in [1.29, 1.82) is 0 Å². The summed E-state index contributed by atoms with van der Waals surface area (Å²) in [6, 6.07) is 1.06. The second-order valence-corrected chi connectivity index (χ2v) is 7.14. The van der Waals surface area contributed by atoms with Crippen LogP contribution >= 0.6 is 0 Å². The highest BCUT2D eigenvalue weighted by molar-refractivity contribution is 7.84. The average Bonchev–Trinajstić information content (AvgIpc) is 2.16. The molecule has 3 heteroatoms. The molecule has 0 radical (unpaired) electrons. The minimum atomic E-state index is -0.677. The maximum atomic E-state index is 11.1. The van der Waals surface area contributed by atoms with Crippen LogP contribution in [0.1, 0.15) is 46.5 Å². The molecule has 0 heterocycles. The third-order valence-electron chi connectivity index (χ3n) is 3.72. The van der Waals surface area contributed by atoms with Gasteiger partial charge < -0.3 is 5.32 Å². The molecule has 0 aromatic heterocycles. The van der Waals surface area contributed by atoms with Crippen molar-refractivity contribution in [2.45, 2.75) is 58.5 Å². The SMILES string of the molecule is CC(CS(C)=O)NC1CCC(C(C)C)CC1. The molecule has 1 aliphatic rings. The first-order valence-corrected chi connectivity index (χ1v) is 8.27. The first-order valence-electron chi connectivity index (χ1n) is 6.55. The fourth-order valence-corrected chi connectivity index (χ4v) is 3.56. The van der Waals surface area contributed by atoms with Crippen LogP contribution in [-0.2, 0) is 10.8 Å². The van der Waals surface area contributed by atoms with E-state index in [4.69, 9.17) is 0 Å². The van der Waals surface area contributed by atoms with Gasteiger partial charge >= 0.3 is 0 Å². The zero-order chi connectivity index (χ0) is 12.1. The van der Waals surface area contributed by atoms with Crippen LogP contribution in [0.15, 0.2) is 0 Å². The molecule has 0 bridgehead atoms. The van der Waals surface area contributed by atoms with Crippen molar-refractivity contribution in [2.24, 2.45) is 11.8 Å². The maximum absolute atomic E-state index is 11.1. The van der Waals surface area contributed by atoms with Crippen LogP contribution in [0.3, 0.4) is 0 Å². The molecule has 2 nitrogen and oxygen atoms in total. The van der Waals surface area contributed by atoms with E-state index in [0.29, 0.717) is 12.1 Å². The van der Waals surface area contributed by atoms with Gasteiger partial charge in [0.25, 0.3) is 0 Å². The van der Waals surface area contributed by atoms with Gasteiger partial charge in [0.15, 0.2) is 0 Å². The van der Waals surface area contributed by atoms with Gasteiger partial charge in [0.2, 0.25) is 0 Å². The second-order valence-electron chi connectivity index (χ2n) is 5.66. The van der Waals surface area contributed by atoms with Crippen LogP contribution in [0.2, 0.25) is 0 Å². The summed E-state index contributed by atoms with van der Waals surface area (Å²) in [6.07, 6.45) is 7.09. The van der Waals surface area contributed by atoms with Gasteiger partial charge in [0.1, 0.15) is 0 Å². The van der Waals surface area contributed by atoms with Crippen LogP contribution in [0.25, 0.3) is 0 Å². The summed E-state index contributed by atoms with van der Waals surface area (Å²) in [7, 11) is -0.677. The van der Waals surface area contributed by atoms with Gasteiger partial charge in [0, 0.05) is 34.9 Å². The van der Waals surface area contributed by atoms with Crippen LogP contribution in [0.5, 0.6) is 0 Å². The van der Waals surface area contributed by atoms with E-state index >= 15 is 0 Å². The summed E-state index contributed by atoms with van der Waals surface area (Å²) in [5.41, 5.74) is 0. The Balaban J connectivity index is 2.24. The fraction of sp³-hybridized carbons (Fsp3) is 1.00. The molecule has 0 spiro atoms. The molecule has 1 N–H and O–H groups in total. The Labute approximate surface area is 103 Å². The van der Waals surface area contributed by atoms with Gasteiger partial charge in [-0.3, -0.25) is 4.21 Å². The molecule has 1 rings (SSSR count). The van der Waals surface area contributed by atoms with Gasteiger partial charge in [-0.05, 0) is 44.4 Å². The van der Waals surface area contributed by atoms with Crippen molar-refractivity contribution in [2.75, 3.05) is 12.0 Å². The largest absolute Gasteiger partial charge is 0.311 e. The van der Waals surface area contributed by atoms with Gasteiger partial charge in [0.05, 0.1) is 0 Å². The lowest BCUT2D eigenvalue weighted by Gasteiger charge is -2.33. The highest BCUT2D eigenvalue weighted by Gasteiger charge is 2.23. The van der Waals surface area contributed by atoms with Gasteiger partial charge in [-0.2, -0.15) is 0 Å². The fourth-order valence-electron chi connectivity index (χ4n) is 2.76. The van der Waals surface area contributed by atoms with Crippen molar-refractivity contribution in [3.63, 3.8) is 0 Å². The molecule has 1 saturated carbocycles. The summed E-state index contributed by atoms with van der Waals surface area (Å²) in [5.74, 6) is 2.54. The highest BCUT2D eigenvalue weighted by Crippen LogP contribution is 2.29. The summed E-state index contributed by atoms with van der Waals surface area (Å²) in [5, 5.41) is 3.62. The maximum Gasteiger partial charge on any atom is 0.0383 e. The first kappa shape index (κ1) is 14.2. The van der Waals surface area contributed by atoms with E-state index in [0.717, 1.165) is 17.6 Å². The van der Waals surface area contributed by atoms with Crippen molar-refractivity contribution < 1.29 is 4.21 Å². The number of rotatable bonds is 5. The Hall–Kier alpha value is 0.110. The quantitative estimate of drug-likeness (QED) is 0.806. The second kappa shape index (κ2) is 6.75. The molecule has 0 saturated heterocycles. The van der Waals surface area contributed by atoms with E-state index in [1.165, 1.54) is 25.7 Å². The topological polar surface area (TPSA) is 29.1 Å². The lowest BCUT2D eigenvalue weighted by atomic mass is 9.79. The monoisotopic (exact) mass is 245 g/mol. The Morgan fingerprint density at radius 3 is 2.19 bits per heavy atom. The minimum absolute atomic E-state index is 0.395. The molecule has 2 atom stereocenters. The van der Waals surface area contributed by atoms with Crippen LogP contribution in [0, 0.1) is 11.8 Å². The third-order valence-corrected chi connectivity index (χ3v) is 4.69.